The Morgan fingerprint density at radius 1 is 1.24 bits per heavy atom. The first-order valence-electron chi connectivity index (χ1n) is 12.1. The number of rotatable bonds is 6. The van der Waals surface area contributed by atoms with Gasteiger partial charge < -0.3 is 25.6 Å². The number of nitrogens with zero attached hydrogens (tertiary/aromatic N) is 5. The summed E-state index contributed by atoms with van der Waals surface area (Å²) in [5, 5.41) is 10.4. The molecule has 1 aromatic carbocycles. The maximum absolute atomic E-state index is 13.3. The lowest BCUT2D eigenvalue weighted by atomic mass is 10.1. The Bertz CT molecular complexity index is 1350. The van der Waals surface area contributed by atoms with E-state index < -0.39 is 12.1 Å². The number of halogens is 3. The van der Waals surface area contributed by atoms with Crippen LogP contribution in [0.5, 0.6) is 0 Å². The van der Waals surface area contributed by atoms with Crippen LogP contribution in [0.2, 0.25) is 0 Å². The van der Waals surface area contributed by atoms with Gasteiger partial charge in [-0.2, -0.15) is 23.1 Å². The lowest BCUT2D eigenvalue weighted by Crippen LogP contribution is -2.44. The van der Waals surface area contributed by atoms with E-state index in [1.807, 2.05) is 34.9 Å². The number of allylic oxidation sites excluding steroid dienone is 2. The third kappa shape index (κ3) is 7.12. The number of carbonyl (C=O) groups is 1. The Morgan fingerprint density at radius 3 is 2.47 bits per heavy atom. The van der Waals surface area contributed by atoms with Crippen molar-refractivity contribution in [2.24, 2.45) is 12.8 Å². The van der Waals surface area contributed by atoms with Gasteiger partial charge in [-0.15, -0.1) is 0 Å². The van der Waals surface area contributed by atoms with E-state index in [0.29, 0.717) is 30.2 Å². The summed E-state index contributed by atoms with van der Waals surface area (Å²) in [6.45, 7) is 6.88. The first-order chi connectivity index (χ1) is 17.9. The van der Waals surface area contributed by atoms with Gasteiger partial charge in [0, 0.05) is 39.3 Å². The number of fused-ring (bicyclic) bond motifs is 1. The van der Waals surface area contributed by atoms with Gasteiger partial charge in [-0.25, -0.2) is 4.79 Å². The van der Waals surface area contributed by atoms with Crippen LogP contribution in [0.25, 0.3) is 11.2 Å². The standard InChI is InChI=1S/C23H31N7O.C2HF3O2/c1-16(2)11-13-30-19-20(27-23(30)29-12-7-10-18(24)15-29)26-22(28(3)21(19)31)25-14-17-8-5-4-6-9-17;3-2(4,5)1(6)7/h4-6,8-9,11,18H,7,10,12-15,24H2,1-3H3,(H,25,26);(H,6,7). The minimum absolute atomic E-state index is 0.109. The van der Waals surface area contributed by atoms with E-state index in [2.05, 4.69) is 30.1 Å². The molecular formula is C25H32F3N7O3. The molecule has 4 rings (SSSR count). The van der Waals surface area contributed by atoms with Crippen LogP contribution in [0.1, 0.15) is 32.3 Å². The summed E-state index contributed by atoms with van der Waals surface area (Å²) in [6.07, 6.45) is -0.948. The van der Waals surface area contributed by atoms with E-state index in [-0.39, 0.29) is 11.6 Å². The number of nitrogens with two attached hydrogens (primary N) is 1. The first kappa shape index (κ1) is 28.7. The Balaban J connectivity index is 0.000000505. The number of hydrogen-bond acceptors (Lipinski definition) is 7. The van der Waals surface area contributed by atoms with Crippen LogP contribution in [-0.4, -0.2) is 55.5 Å². The van der Waals surface area contributed by atoms with E-state index in [1.54, 1.807) is 11.6 Å². The van der Waals surface area contributed by atoms with Crippen molar-refractivity contribution in [3.05, 3.63) is 57.9 Å². The highest BCUT2D eigenvalue weighted by Crippen LogP contribution is 2.24. The molecule has 3 heterocycles. The fourth-order valence-electron chi connectivity index (χ4n) is 3.96. The van der Waals surface area contributed by atoms with Crippen molar-refractivity contribution in [2.45, 2.75) is 52.0 Å². The highest BCUT2D eigenvalue weighted by Gasteiger charge is 2.38. The molecule has 1 saturated heterocycles. The number of benzene rings is 1. The first-order valence-corrected chi connectivity index (χ1v) is 12.1. The molecule has 13 heteroatoms. The summed E-state index contributed by atoms with van der Waals surface area (Å²) in [6, 6.07) is 10.2. The van der Waals surface area contributed by atoms with E-state index in [0.717, 1.165) is 37.4 Å². The SMILES string of the molecule is CC(C)=CCn1c(N2CCCC(N)C2)nc2nc(NCc3ccccc3)n(C)c(=O)c21.O=C(O)C(F)(F)F. The van der Waals surface area contributed by atoms with Gasteiger partial charge >= 0.3 is 12.1 Å². The lowest BCUT2D eigenvalue weighted by molar-refractivity contribution is -0.192. The fraction of sp³-hybridized carbons (Fsp3) is 0.440. The van der Waals surface area contributed by atoms with Crippen molar-refractivity contribution in [1.82, 2.24) is 19.1 Å². The van der Waals surface area contributed by atoms with Crippen LogP contribution in [0.15, 0.2) is 46.8 Å². The number of alkyl halides is 3. The number of aromatic nitrogens is 4. The zero-order valence-electron chi connectivity index (χ0n) is 21.5. The molecule has 0 amide bonds. The van der Waals surface area contributed by atoms with Crippen LogP contribution in [0.4, 0.5) is 25.1 Å². The monoisotopic (exact) mass is 535 g/mol. The zero-order chi connectivity index (χ0) is 28.0. The van der Waals surface area contributed by atoms with Gasteiger partial charge in [-0.1, -0.05) is 42.0 Å². The maximum atomic E-state index is 13.3. The number of hydrogen-bond donors (Lipinski definition) is 3. The van der Waals surface area contributed by atoms with Crippen LogP contribution in [-0.2, 0) is 24.9 Å². The number of piperidine rings is 1. The highest BCUT2D eigenvalue weighted by molar-refractivity contribution is 5.75. The van der Waals surface area contributed by atoms with E-state index in [9.17, 15) is 18.0 Å². The smallest absolute Gasteiger partial charge is 0.475 e. The number of imidazole rings is 1. The Kier molecular flexibility index (Phi) is 9.15. The molecule has 1 aliphatic heterocycles. The molecule has 1 aliphatic rings. The molecule has 0 radical (unpaired) electrons. The van der Waals surface area contributed by atoms with E-state index >= 15 is 0 Å². The number of carboxylic acids is 1. The number of anilines is 2. The second-order valence-corrected chi connectivity index (χ2v) is 9.27. The minimum Gasteiger partial charge on any atom is -0.475 e. The molecule has 0 bridgehead atoms. The Hall–Kier alpha value is -3.87. The molecule has 206 valence electrons. The maximum Gasteiger partial charge on any atom is 0.490 e. The normalized spacial score (nSPS) is 15.6. The second kappa shape index (κ2) is 12.1. The van der Waals surface area contributed by atoms with Crippen LogP contribution < -0.4 is 21.5 Å². The molecule has 38 heavy (non-hydrogen) atoms. The fourth-order valence-corrected chi connectivity index (χ4v) is 3.96. The predicted molar refractivity (Wildman–Crippen MR) is 139 cm³/mol. The zero-order valence-corrected chi connectivity index (χ0v) is 21.5. The van der Waals surface area contributed by atoms with Gasteiger partial charge in [-0.3, -0.25) is 9.36 Å². The third-order valence-corrected chi connectivity index (χ3v) is 5.92. The Morgan fingerprint density at radius 2 is 1.89 bits per heavy atom. The van der Waals surface area contributed by atoms with Crippen molar-refractivity contribution in [2.75, 3.05) is 23.3 Å². The highest BCUT2D eigenvalue weighted by atomic mass is 19.4. The predicted octanol–water partition coefficient (Wildman–Crippen LogP) is 3.27. The van der Waals surface area contributed by atoms with E-state index in [4.69, 9.17) is 25.6 Å². The molecular weight excluding hydrogens is 503 g/mol. The summed E-state index contributed by atoms with van der Waals surface area (Å²) in [7, 11) is 1.75. The molecule has 2 aromatic heterocycles. The van der Waals surface area contributed by atoms with Gasteiger partial charge in [0.2, 0.25) is 11.9 Å². The average Bonchev–Trinajstić information content (AvgIpc) is 3.23. The van der Waals surface area contributed by atoms with Crippen molar-refractivity contribution in [1.29, 1.82) is 0 Å². The topological polar surface area (TPSA) is 131 Å². The number of carboxylic acid groups (broad SMARTS) is 1. The van der Waals surface area contributed by atoms with Crippen molar-refractivity contribution in [3.63, 3.8) is 0 Å². The second-order valence-electron chi connectivity index (χ2n) is 9.27. The Labute approximate surface area is 217 Å². The average molecular weight is 536 g/mol. The van der Waals surface area contributed by atoms with Crippen molar-refractivity contribution in [3.8, 4) is 0 Å². The molecule has 4 N–H and O–H groups in total. The summed E-state index contributed by atoms with van der Waals surface area (Å²) in [5.74, 6) is -1.48. The van der Waals surface area contributed by atoms with Crippen LogP contribution in [0.3, 0.4) is 0 Å². The van der Waals surface area contributed by atoms with Gasteiger partial charge in [0.1, 0.15) is 0 Å². The van der Waals surface area contributed by atoms with Crippen LogP contribution >= 0.6 is 0 Å². The van der Waals surface area contributed by atoms with Gasteiger partial charge in [0.05, 0.1) is 0 Å². The van der Waals surface area contributed by atoms with Crippen molar-refractivity contribution < 1.29 is 23.1 Å². The van der Waals surface area contributed by atoms with Gasteiger partial charge in [0.15, 0.2) is 11.2 Å². The minimum atomic E-state index is -5.08. The summed E-state index contributed by atoms with van der Waals surface area (Å²) in [5.41, 5.74) is 9.41. The molecule has 0 spiro atoms. The summed E-state index contributed by atoms with van der Waals surface area (Å²) < 4.78 is 35.3. The number of nitrogens with one attached hydrogen (secondary N) is 1. The lowest BCUT2D eigenvalue weighted by Gasteiger charge is -2.31. The molecule has 1 atom stereocenters. The van der Waals surface area contributed by atoms with Crippen LogP contribution in [0, 0.1) is 0 Å². The summed E-state index contributed by atoms with van der Waals surface area (Å²) in [4.78, 5) is 33.9. The summed E-state index contributed by atoms with van der Waals surface area (Å²) >= 11 is 0. The molecule has 10 nitrogen and oxygen atoms in total. The molecule has 3 aromatic rings. The van der Waals surface area contributed by atoms with Crippen molar-refractivity contribution >= 4 is 29.0 Å². The molecule has 1 unspecified atom stereocenters. The third-order valence-electron chi connectivity index (χ3n) is 5.92. The van der Waals surface area contributed by atoms with E-state index in [1.165, 1.54) is 5.57 Å². The molecule has 1 fully saturated rings. The number of aliphatic carboxylic acids is 1. The largest absolute Gasteiger partial charge is 0.490 e. The molecule has 0 saturated carbocycles. The van der Waals surface area contributed by atoms with Gasteiger partial charge in [-0.05, 0) is 32.3 Å². The quantitative estimate of drug-likeness (QED) is 0.410. The van der Waals surface area contributed by atoms with Gasteiger partial charge in [0.25, 0.3) is 5.56 Å². The molecule has 0 aliphatic carbocycles.